The van der Waals surface area contributed by atoms with E-state index in [0.717, 1.165) is 23.4 Å². The molecule has 6 nitrogen and oxygen atoms in total. The van der Waals surface area contributed by atoms with Gasteiger partial charge in [0.1, 0.15) is 0 Å². The number of carbonyl (C=O) groups excluding carboxylic acids is 1. The molecule has 1 amide bonds. The molecule has 0 aliphatic rings. The van der Waals surface area contributed by atoms with E-state index in [1.54, 1.807) is 27.8 Å². The van der Waals surface area contributed by atoms with Crippen LogP contribution >= 0.6 is 0 Å². The zero-order chi connectivity index (χ0) is 25.7. The molecule has 0 atom stereocenters. The molecule has 36 heavy (non-hydrogen) atoms. The number of alkyl halides is 3. The highest BCUT2D eigenvalue weighted by Crippen LogP contribution is 2.30. The zero-order valence-electron chi connectivity index (χ0n) is 19.1. The maximum Gasteiger partial charge on any atom is 0.416 e. The van der Waals surface area contributed by atoms with Crippen LogP contribution in [-0.4, -0.2) is 20.3 Å². The van der Waals surface area contributed by atoms with Crippen LogP contribution in [0, 0.1) is 10.1 Å². The van der Waals surface area contributed by atoms with Crippen LogP contribution < -0.4 is 0 Å². The second kappa shape index (κ2) is 10.5. The summed E-state index contributed by atoms with van der Waals surface area (Å²) in [4.78, 5) is 25.5. The first-order valence-electron chi connectivity index (χ1n) is 11.1. The van der Waals surface area contributed by atoms with Crippen LogP contribution in [0.15, 0.2) is 97.2 Å². The van der Waals surface area contributed by atoms with Crippen LogP contribution in [0.1, 0.15) is 32.7 Å². The Hall–Kier alpha value is -4.40. The third-order valence-electron chi connectivity index (χ3n) is 5.71. The summed E-state index contributed by atoms with van der Waals surface area (Å²) in [6, 6.07) is 23.5. The fourth-order valence-electron chi connectivity index (χ4n) is 3.90. The normalized spacial score (nSPS) is 11.3. The summed E-state index contributed by atoms with van der Waals surface area (Å²) >= 11 is 0. The number of benzene rings is 3. The quantitative estimate of drug-likeness (QED) is 0.214. The molecule has 4 rings (SSSR count). The molecule has 0 fully saturated rings. The minimum atomic E-state index is -4.43. The number of nitro groups is 1. The number of hydrogen-bond acceptors (Lipinski definition) is 3. The highest BCUT2D eigenvalue weighted by atomic mass is 19.4. The molecule has 184 valence electrons. The van der Waals surface area contributed by atoms with Crippen molar-refractivity contribution in [2.24, 2.45) is 0 Å². The van der Waals surface area contributed by atoms with Crippen molar-refractivity contribution < 1.29 is 22.9 Å². The fraction of sp³-hybridized carbons (Fsp3) is 0.148. The Kier molecular flexibility index (Phi) is 7.19. The maximum absolute atomic E-state index is 13.4. The lowest BCUT2D eigenvalue weighted by Gasteiger charge is -2.24. The van der Waals surface area contributed by atoms with Crippen molar-refractivity contribution in [2.45, 2.75) is 25.8 Å². The van der Waals surface area contributed by atoms with Gasteiger partial charge in [-0.1, -0.05) is 42.5 Å². The van der Waals surface area contributed by atoms with E-state index >= 15 is 0 Å². The molecule has 9 heteroatoms. The summed E-state index contributed by atoms with van der Waals surface area (Å²) in [6.07, 6.45) is -2.67. The van der Waals surface area contributed by atoms with Gasteiger partial charge >= 0.3 is 6.18 Å². The van der Waals surface area contributed by atoms with Gasteiger partial charge in [-0.15, -0.1) is 0 Å². The van der Waals surface area contributed by atoms with Crippen LogP contribution in [0.4, 0.5) is 18.9 Å². The van der Waals surface area contributed by atoms with E-state index in [2.05, 4.69) is 0 Å². The van der Waals surface area contributed by atoms with Gasteiger partial charge < -0.3 is 9.47 Å². The van der Waals surface area contributed by atoms with Gasteiger partial charge in [0.05, 0.1) is 17.0 Å². The van der Waals surface area contributed by atoms with Crippen molar-refractivity contribution in [3.8, 4) is 0 Å². The van der Waals surface area contributed by atoms with Gasteiger partial charge in [0.25, 0.3) is 11.6 Å². The van der Waals surface area contributed by atoms with Crippen LogP contribution in [-0.2, 0) is 25.8 Å². The molecule has 4 aromatic rings. The van der Waals surface area contributed by atoms with Crippen LogP contribution in [0.2, 0.25) is 0 Å². The van der Waals surface area contributed by atoms with E-state index in [1.165, 1.54) is 30.3 Å². The van der Waals surface area contributed by atoms with Crippen LogP contribution in [0.3, 0.4) is 0 Å². The third kappa shape index (κ3) is 5.99. The van der Waals surface area contributed by atoms with Gasteiger partial charge in [0.15, 0.2) is 0 Å². The van der Waals surface area contributed by atoms with E-state index in [0.29, 0.717) is 11.1 Å². The molecule has 0 bridgehead atoms. The average Bonchev–Trinajstić information content (AvgIpc) is 3.30. The molecular formula is C27H22F3N3O3. The number of rotatable bonds is 8. The van der Waals surface area contributed by atoms with Crippen molar-refractivity contribution in [3.05, 3.63) is 135 Å². The highest BCUT2D eigenvalue weighted by molar-refractivity contribution is 5.94. The van der Waals surface area contributed by atoms with Gasteiger partial charge in [0.2, 0.25) is 0 Å². The monoisotopic (exact) mass is 493 g/mol. The van der Waals surface area contributed by atoms with Gasteiger partial charge in [0, 0.05) is 42.7 Å². The van der Waals surface area contributed by atoms with Crippen LogP contribution in [0.5, 0.6) is 0 Å². The standard InChI is InChI=1S/C27H22F3N3O3/c28-27(29,30)23-9-4-8-21(16-23)18-31-15-5-10-25(31)19-32(17-20-6-2-1-3-7-20)26(34)22-11-13-24(14-12-22)33(35)36/h1-16H,17-19H2. The molecular weight excluding hydrogens is 471 g/mol. The van der Waals surface area contributed by atoms with Crippen molar-refractivity contribution in [3.63, 3.8) is 0 Å². The topological polar surface area (TPSA) is 68.4 Å². The van der Waals surface area contributed by atoms with Crippen molar-refractivity contribution in [1.29, 1.82) is 0 Å². The summed E-state index contributed by atoms with van der Waals surface area (Å²) in [5.74, 6) is -0.319. The van der Waals surface area contributed by atoms with Gasteiger partial charge in [-0.25, -0.2) is 0 Å². The summed E-state index contributed by atoms with van der Waals surface area (Å²) in [7, 11) is 0. The highest BCUT2D eigenvalue weighted by Gasteiger charge is 2.30. The number of amides is 1. The lowest BCUT2D eigenvalue weighted by molar-refractivity contribution is -0.384. The Labute approximate surface area is 205 Å². The molecule has 0 N–H and O–H groups in total. The molecule has 0 aliphatic heterocycles. The SMILES string of the molecule is O=C(c1ccc([N+](=O)[O-])cc1)N(Cc1ccccc1)Cc1cccn1Cc1cccc(C(F)(F)F)c1. The first-order chi connectivity index (χ1) is 17.2. The maximum atomic E-state index is 13.4. The Morgan fingerprint density at radius 3 is 2.22 bits per heavy atom. The molecule has 1 heterocycles. The number of non-ortho nitro benzene ring substituents is 1. The molecule has 0 radical (unpaired) electrons. The lowest BCUT2D eigenvalue weighted by atomic mass is 10.1. The molecule has 3 aromatic carbocycles. The summed E-state index contributed by atoms with van der Waals surface area (Å²) in [5.41, 5.74) is 1.58. The summed E-state index contributed by atoms with van der Waals surface area (Å²) in [5, 5.41) is 11.0. The molecule has 0 aliphatic carbocycles. The number of nitro benzene ring substituents is 1. The van der Waals surface area contributed by atoms with Gasteiger partial charge in [-0.3, -0.25) is 14.9 Å². The summed E-state index contributed by atoms with van der Waals surface area (Å²) < 4.78 is 41.2. The van der Waals surface area contributed by atoms with Crippen molar-refractivity contribution in [2.75, 3.05) is 0 Å². The number of nitrogens with zero attached hydrogens (tertiary/aromatic N) is 3. The smallest absolute Gasteiger partial charge is 0.345 e. The van der Waals surface area contributed by atoms with E-state index in [4.69, 9.17) is 0 Å². The Bertz CT molecular complexity index is 1350. The number of aromatic nitrogens is 1. The predicted octanol–water partition coefficient (Wildman–Crippen LogP) is 6.31. The fourth-order valence-corrected chi connectivity index (χ4v) is 3.90. The predicted molar refractivity (Wildman–Crippen MR) is 128 cm³/mol. The molecule has 0 unspecified atom stereocenters. The van der Waals surface area contributed by atoms with Gasteiger partial charge in [-0.2, -0.15) is 13.2 Å². The van der Waals surface area contributed by atoms with E-state index in [9.17, 15) is 28.1 Å². The van der Waals surface area contributed by atoms with Crippen molar-refractivity contribution in [1.82, 2.24) is 9.47 Å². The number of hydrogen-bond donors (Lipinski definition) is 0. The Morgan fingerprint density at radius 2 is 1.56 bits per heavy atom. The number of carbonyl (C=O) groups is 1. The second-order valence-electron chi connectivity index (χ2n) is 8.28. The molecule has 1 aromatic heterocycles. The van der Waals surface area contributed by atoms with Gasteiger partial charge in [-0.05, 0) is 47.5 Å². The first kappa shape index (κ1) is 24.7. The molecule has 0 saturated heterocycles. The average molecular weight is 493 g/mol. The molecule has 0 saturated carbocycles. The lowest BCUT2D eigenvalue weighted by Crippen LogP contribution is -2.31. The third-order valence-corrected chi connectivity index (χ3v) is 5.71. The minimum absolute atomic E-state index is 0.115. The zero-order valence-corrected chi connectivity index (χ0v) is 19.1. The first-order valence-corrected chi connectivity index (χ1v) is 11.1. The second-order valence-corrected chi connectivity index (χ2v) is 8.28. The van der Waals surface area contributed by atoms with E-state index in [-0.39, 0.29) is 31.2 Å². The summed E-state index contributed by atoms with van der Waals surface area (Å²) in [6.45, 7) is 0.680. The van der Waals surface area contributed by atoms with Crippen LogP contribution in [0.25, 0.3) is 0 Å². The molecule has 0 spiro atoms. The minimum Gasteiger partial charge on any atom is -0.345 e. The Balaban J connectivity index is 1.60. The Morgan fingerprint density at radius 1 is 0.861 bits per heavy atom. The van der Waals surface area contributed by atoms with E-state index in [1.807, 2.05) is 36.4 Å². The number of halogens is 3. The van der Waals surface area contributed by atoms with E-state index < -0.39 is 16.7 Å². The largest absolute Gasteiger partial charge is 0.416 e. The van der Waals surface area contributed by atoms with Crippen molar-refractivity contribution >= 4 is 11.6 Å².